The molecule has 3 unspecified atom stereocenters. The molecule has 1 saturated carbocycles. The van der Waals surface area contributed by atoms with Crippen molar-refractivity contribution in [1.82, 2.24) is 5.32 Å². The average Bonchev–Trinajstić information content (AvgIpc) is 2.91. The SMILES string of the molecule is OC1CCCC1CNC1CCCc2sc(I)cc21. The van der Waals surface area contributed by atoms with E-state index in [9.17, 15) is 5.11 Å². The molecule has 1 aromatic heterocycles. The van der Waals surface area contributed by atoms with Crippen LogP contribution >= 0.6 is 33.9 Å². The zero-order chi connectivity index (χ0) is 12.5. The van der Waals surface area contributed by atoms with Gasteiger partial charge in [0.2, 0.25) is 0 Å². The van der Waals surface area contributed by atoms with Crippen LogP contribution in [0.15, 0.2) is 6.07 Å². The number of hydrogen-bond acceptors (Lipinski definition) is 3. The lowest BCUT2D eigenvalue weighted by atomic mass is 9.93. The Labute approximate surface area is 126 Å². The molecule has 1 aromatic rings. The van der Waals surface area contributed by atoms with Crippen LogP contribution < -0.4 is 5.32 Å². The molecule has 0 saturated heterocycles. The van der Waals surface area contributed by atoms with E-state index in [0.29, 0.717) is 12.0 Å². The van der Waals surface area contributed by atoms with Gasteiger partial charge in [-0.15, -0.1) is 11.3 Å². The van der Waals surface area contributed by atoms with Crippen LogP contribution in [0, 0.1) is 8.80 Å². The van der Waals surface area contributed by atoms with Gasteiger partial charge in [-0.3, -0.25) is 0 Å². The van der Waals surface area contributed by atoms with Crippen LogP contribution in [0.4, 0.5) is 0 Å². The van der Waals surface area contributed by atoms with Crippen molar-refractivity contribution in [3.63, 3.8) is 0 Å². The van der Waals surface area contributed by atoms with Crippen LogP contribution in [0.25, 0.3) is 0 Å². The number of aryl methyl sites for hydroxylation is 1. The van der Waals surface area contributed by atoms with Crippen LogP contribution in [0.3, 0.4) is 0 Å². The first-order valence-electron chi connectivity index (χ1n) is 6.93. The van der Waals surface area contributed by atoms with Gasteiger partial charge in [0.05, 0.1) is 8.99 Å². The van der Waals surface area contributed by atoms with Gasteiger partial charge in [-0.05, 0) is 72.2 Å². The second-order valence-electron chi connectivity index (χ2n) is 5.54. The highest BCUT2D eigenvalue weighted by molar-refractivity contribution is 14.1. The molecule has 2 N–H and O–H groups in total. The molecule has 0 bridgehead atoms. The molecule has 0 amide bonds. The van der Waals surface area contributed by atoms with Gasteiger partial charge in [0.25, 0.3) is 0 Å². The van der Waals surface area contributed by atoms with Crippen molar-refractivity contribution >= 4 is 33.9 Å². The van der Waals surface area contributed by atoms with Gasteiger partial charge in [-0.25, -0.2) is 0 Å². The van der Waals surface area contributed by atoms with E-state index in [4.69, 9.17) is 0 Å². The first kappa shape index (κ1) is 13.3. The molecule has 2 aliphatic carbocycles. The highest BCUT2D eigenvalue weighted by Gasteiger charge is 2.27. The molecule has 2 aliphatic rings. The second kappa shape index (κ2) is 5.77. The second-order valence-corrected chi connectivity index (χ2v) is 8.57. The topological polar surface area (TPSA) is 32.3 Å². The summed E-state index contributed by atoms with van der Waals surface area (Å²) in [4.78, 5) is 1.58. The molecule has 1 fully saturated rings. The van der Waals surface area contributed by atoms with Crippen molar-refractivity contribution in [2.45, 2.75) is 50.7 Å². The van der Waals surface area contributed by atoms with E-state index in [0.717, 1.165) is 13.0 Å². The minimum Gasteiger partial charge on any atom is -0.393 e. The number of halogens is 1. The normalized spacial score (nSPS) is 31.6. The van der Waals surface area contributed by atoms with E-state index < -0.39 is 0 Å². The Morgan fingerprint density at radius 1 is 1.33 bits per heavy atom. The van der Waals surface area contributed by atoms with Gasteiger partial charge in [-0.1, -0.05) is 6.42 Å². The van der Waals surface area contributed by atoms with Gasteiger partial charge in [0.15, 0.2) is 0 Å². The van der Waals surface area contributed by atoms with E-state index in [1.165, 1.54) is 40.6 Å². The standard InChI is InChI=1S/C14H20INOS/c15-14-7-10-11(4-2-6-13(10)18-14)16-8-9-3-1-5-12(9)17/h7,9,11-12,16-17H,1-6,8H2. The molecule has 3 rings (SSSR count). The zero-order valence-electron chi connectivity index (χ0n) is 10.5. The smallest absolute Gasteiger partial charge is 0.0659 e. The molecular formula is C14H20INOS. The first-order chi connectivity index (χ1) is 8.74. The van der Waals surface area contributed by atoms with Crippen molar-refractivity contribution < 1.29 is 5.11 Å². The highest BCUT2D eigenvalue weighted by atomic mass is 127. The Kier molecular flexibility index (Phi) is 4.28. The van der Waals surface area contributed by atoms with Gasteiger partial charge in [-0.2, -0.15) is 0 Å². The molecule has 18 heavy (non-hydrogen) atoms. The molecular weight excluding hydrogens is 357 g/mol. The number of fused-ring (bicyclic) bond motifs is 1. The lowest BCUT2D eigenvalue weighted by molar-refractivity contribution is 0.129. The van der Waals surface area contributed by atoms with Gasteiger partial charge >= 0.3 is 0 Å². The van der Waals surface area contributed by atoms with E-state index >= 15 is 0 Å². The summed E-state index contributed by atoms with van der Waals surface area (Å²) in [6.07, 6.45) is 7.13. The molecule has 0 spiro atoms. The van der Waals surface area contributed by atoms with Gasteiger partial charge in [0, 0.05) is 17.5 Å². The van der Waals surface area contributed by atoms with Crippen molar-refractivity contribution in [2.75, 3.05) is 6.54 Å². The molecule has 100 valence electrons. The number of nitrogens with one attached hydrogen (secondary N) is 1. The summed E-state index contributed by atoms with van der Waals surface area (Å²) in [6, 6.07) is 2.88. The maximum atomic E-state index is 9.88. The molecule has 0 radical (unpaired) electrons. The van der Waals surface area contributed by atoms with Crippen molar-refractivity contribution in [3.05, 3.63) is 19.4 Å². The molecule has 4 heteroatoms. The zero-order valence-corrected chi connectivity index (χ0v) is 13.5. The summed E-state index contributed by atoms with van der Waals surface area (Å²) in [5, 5.41) is 13.6. The van der Waals surface area contributed by atoms with Crippen molar-refractivity contribution in [3.8, 4) is 0 Å². The lowest BCUT2D eigenvalue weighted by Gasteiger charge is -2.26. The fourth-order valence-electron chi connectivity index (χ4n) is 3.28. The fourth-order valence-corrected chi connectivity index (χ4v) is 5.40. The minimum absolute atomic E-state index is 0.0665. The Bertz CT molecular complexity index is 420. The summed E-state index contributed by atoms with van der Waals surface area (Å²) >= 11 is 4.38. The van der Waals surface area contributed by atoms with Crippen LogP contribution in [0.2, 0.25) is 0 Å². The lowest BCUT2D eigenvalue weighted by Crippen LogP contribution is -2.32. The maximum Gasteiger partial charge on any atom is 0.0659 e. The monoisotopic (exact) mass is 377 g/mol. The van der Waals surface area contributed by atoms with Crippen LogP contribution in [0.1, 0.15) is 48.6 Å². The predicted octanol–water partition coefficient (Wildman–Crippen LogP) is 3.48. The van der Waals surface area contributed by atoms with E-state index in [-0.39, 0.29) is 6.10 Å². The average molecular weight is 377 g/mol. The Balaban J connectivity index is 1.63. The minimum atomic E-state index is -0.0665. The third-order valence-electron chi connectivity index (χ3n) is 4.33. The fraction of sp³-hybridized carbons (Fsp3) is 0.714. The number of aliphatic hydroxyl groups is 1. The summed E-state index contributed by atoms with van der Waals surface area (Å²) < 4.78 is 1.41. The largest absolute Gasteiger partial charge is 0.393 e. The van der Waals surface area contributed by atoms with Crippen LogP contribution in [0.5, 0.6) is 0 Å². The predicted molar refractivity (Wildman–Crippen MR) is 84.1 cm³/mol. The molecule has 3 atom stereocenters. The Morgan fingerprint density at radius 2 is 2.22 bits per heavy atom. The van der Waals surface area contributed by atoms with E-state index in [1.54, 1.807) is 4.88 Å². The number of aliphatic hydroxyl groups excluding tert-OH is 1. The summed E-state index contributed by atoms with van der Waals surface area (Å²) in [5.74, 6) is 0.480. The molecule has 0 aliphatic heterocycles. The number of hydrogen-bond donors (Lipinski definition) is 2. The van der Waals surface area contributed by atoms with Gasteiger partial charge < -0.3 is 10.4 Å². The van der Waals surface area contributed by atoms with E-state index in [1.807, 2.05) is 11.3 Å². The van der Waals surface area contributed by atoms with Crippen molar-refractivity contribution in [2.24, 2.45) is 5.92 Å². The Morgan fingerprint density at radius 3 is 3.00 bits per heavy atom. The maximum absolute atomic E-state index is 9.88. The highest BCUT2D eigenvalue weighted by Crippen LogP contribution is 2.36. The van der Waals surface area contributed by atoms with Crippen LogP contribution in [-0.4, -0.2) is 17.8 Å². The van der Waals surface area contributed by atoms with Crippen LogP contribution in [-0.2, 0) is 6.42 Å². The number of thiophene rings is 1. The third-order valence-corrected chi connectivity index (χ3v) is 6.30. The van der Waals surface area contributed by atoms with Crippen molar-refractivity contribution in [1.29, 1.82) is 0 Å². The third kappa shape index (κ3) is 2.76. The molecule has 0 aromatic carbocycles. The quantitative estimate of drug-likeness (QED) is 0.791. The summed E-state index contributed by atoms with van der Waals surface area (Å²) in [7, 11) is 0. The summed E-state index contributed by atoms with van der Waals surface area (Å²) in [5.41, 5.74) is 1.53. The Hall–Kier alpha value is 0.350. The molecule has 2 nitrogen and oxygen atoms in total. The number of rotatable bonds is 3. The van der Waals surface area contributed by atoms with E-state index in [2.05, 4.69) is 34.0 Å². The first-order valence-corrected chi connectivity index (χ1v) is 8.83. The summed E-state index contributed by atoms with van der Waals surface area (Å²) in [6.45, 7) is 0.984. The van der Waals surface area contributed by atoms with Gasteiger partial charge in [0.1, 0.15) is 0 Å². The molecule has 1 heterocycles.